The second-order valence-corrected chi connectivity index (χ2v) is 3.45. The van der Waals surface area contributed by atoms with Crippen molar-refractivity contribution in [3.8, 4) is 0 Å². The normalized spacial score (nSPS) is 14.0. The smallest absolute Gasteiger partial charge is 0.324 e. The number of hydrogen-bond donors (Lipinski definition) is 4. The van der Waals surface area contributed by atoms with Crippen LogP contribution in [0.5, 0.6) is 0 Å². The number of carbonyl (C=O) groups excluding carboxylic acids is 1. The van der Waals surface area contributed by atoms with Gasteiger partial charge in [-0.25, -0.2) is 4.98 Å². The molecule has 0 unspecified atom stereocenters. The van der Waals surface area contributed by atoms with E-state index >= 15 is 0 Å². The highest BCUT2D eigenvalue weighted by Crippen LogP contribution is 2.10. The molecule has 8 heteroatoms. The summed E-state index contributed by atoms with van der Waals surface area (Å²) in [6.07, 6.45) is 2.87. The van der Waals surface area contributed by atoms with Crippen molar-refractivity contribution < 1.29 is 19.4 Å². The first-order chi connectivity index (χ1) is 8.00. The van der Waals surface area contributed by atoms with Gasteiger partial charge in [0.25, 0.3) is 0 Å². The molecule has 1 heterocycles. The molecule has 94 valence electrons. The molecule has 0 aliphatic rings. The highest BCUT2D eigenvalue weighted by atomic mass is 16.5. The summed E-state index contributed by atoms with van der Waals surface area (Å²) in [6, 6.07) is -1.78. The van der Waals surface area contributed by atoms with Crippen LogP contribution < -0.4 is 11.5 Å². The number of carboxylic acids is 1. The molecule has 0 saturated heterocycles. The van der Waals surface area contributed by atoms with Gasteiger partial charge in [-0.3, -0.25) is 9.59 Å². The van der Waals surface area contributed by atoms with Crippen molar-refractivity contribution in [1.82, 2.24) is 9.97 Å². The quantitative estimate of drug-likeness (QED) is 0.456. The third-order valence-corrected chi connectivity index (χ3v) is 2.05. The lowest BCUT2D eigenvalue weighted by molar-refractivity contribution is -0.148. The van der Waals surface area contributed by atoms with Crippen LogP contribution in [0, 0.1) is 0 Å². The van der Waals surface area contributed by atoms with Gasteiger partial charge in [-0.2, -0.15) is 0 Å². The summed E-state index contributed by atoms with van der Waals surface area (Å²) in [5.74, 6) is -1.83. The van der Waals surface area contributed by atoms with Gasteiger partial charge in [0.2, 0.25) is 0 Å². The van der Waals surface area contributed by atoms with E-state index in [0.717, 1.165) is 0 Å². The van der Waals surface area contributed by atoms with Crippen LogP contribution in [0.25, 0.3) is 0 Å². The van der Waals surface area contributed by atoms with Crippen molar-refractivity contribution in [2.24, 2.45) is 11.5 Å². The molecule has 0 amide bonds. The lowest BCUT2D eigenvalue weighted by atomic mass is 10.2. The number of carbonyl (C=O) groups is 2. The van der Waals surface area contributed by atoms with Crippen molar-refractivity contribution in [2.75, 3.05) is 6.61 Å². The lowest BCUT2D eigenvalue weighted by Crippen LogP contribution is -2.36. The van der Waals surface area contributed by atoms with E-state index in [4.69, 9.17) is 16.6 Å². The third kappa shape index (κ3) is 4.21. The number of rotatable bonds is 6. The molecule has 0 aliphatic carbocycles. The topological polar surface area (TPSA) is 144 Å². The summed E-state index contributed by atoms with van der Waals surface area (Å²) in [4.78, 5) is 28.2. The SMILES string of the molecule is N[C@@H](COC(=O)C[C@H](N)c1cnc[nH]1)C(=O)O. The molecule has 1 aromatic rings. The molecular weight excluding hydrogens is 228 g/mol. The Hall–Kier alpha value is -1.93. The number of H-pyrrole nitrogens is 1. The second-order valence-electron chi connectivity index (χ2n) is 3.45. The van der Waals surface area contributed by atoms with E-state index in [-0.39, 0.29) is 13.0 Å². The van der Waals surface area contributed by atoms with Gasteiger partial charge >= 0.3 is 11.9 Å². The number of esters is 1. The van der Waals surface area contributed by atoms with Gasteiger partial charge in [-0.15, -0.1) is 0 Å². The first-order valence-electron chi connectivity index (χ1n) is 4.88. The Morgan fingerprint density at radius 1 is 1.53 bits per heavy atom. The van der Waals surface area contributed by atoms with E-state index in [2.05, 4.69) is 14.7 Å². The number of nitrogens with two attached hydrogens (primary N) is 2. The molecule has 1 rings (SSSR count). The summed E-state index contributed by atoms with van der Waals surface area (Å²) in [7, 11) is 0. The Bertz CT molecular complexity index is 378. The second kappa shape index (κ2) is 5.97. The van der Waals surface area contributed by atoms with Crippen LogP contribution in [0.1, 0.15) is 18.2 Å². The minimum Gasteiger partial charge on any atom is -0.480 e. The first-order valence-corrected chi connectivity index (χ1v) is 4.88. The van der Waals surface area contributed by atoms with Crippen LogP contribution in [-0.4, -0.2) is 39.7 Å². The number of hydrogen-bond acceptors (Lipinski definition) is 6. The number of nitrogens with one attached hydrogen (secondary N) is 1. The molecule has 0 aliphatic heterocycles. The molecule has 0 radical (unpaired) electrons. The van der Waals surface area contributed by atoms with E-state index in [1.165, 1.54) is 12.5 Å². The fourth-order valence-corrected chi connectivity index (χ4v) is 1.07. The zero-order valence-corrected chi connectivity index (χ0v) is 9.00. The maximum atomic E-state index is 11.3. The molecule has 8 nitrogen and oxygen atoms in total. The monoisotopic (exact) mass is 242 g/mol. The van der Waals surface area contributed by atoms with Gasteiger partial charge in [0.15, 0.2) is 0 Å². The minimum absolute atomic E-state index is 0.0749. The Morgan fingerprint density at radius 2 is 2.24 bits per heavy atom. The lowest BCUT2D eigenvalue weighted by Gasteiger charge is -2.11. The first kappa shape index (κ1) is 13.1. The third-order valence-electron chi connectivity index (χ3n) is 2.05. The van der Waals surface area contributed by atoms with Crippen molar-refractivity contribution >= 4 is 11.9 Å². The zero-order chi connectivity index (χ0) is 12.8. The van der Waals surface area contributed by atoms with Gasteiger partial charge in [-0.05, 0) is 0 Å². The molecule has 6 N–H and O–H groups in total. The average molecular weight is 242 g/mol. The molecule has 0 bridgehead atoms. The van der Waals surface area contributed by atoms with Crippen molar-refractivity contribution in [3.05, 3.63) is 18.2 Å². The molecule has 0 fully saturated rings. The molecule has 0 saturated carbocycles. The zero-order valence-electron chi connectivity index (χ0n) is 9.00. The fourth-order valence-electron chi connectivity index (χ4n) is 1.07. The highest BCUT2D eigenvalue weighted by molar-refractivity contribution is 5.74. The Morgan fingerprint density at radius 3 is 2.76 bits per heavy atom. The van der Waals surface area contributed by atoms with Crippen LogP contribution in [-0.2, 0) is 14.3 Å². The average Bonchev–Trinajstić information content (AvgIpc) is 2.78. The van der Waals surface area contributed by atoms with Crippen LogP contribution in [0.2, 0.25) is 0 Å². The molecule has 1 aromatic heterocycles. The largest absolute Gasteiger partial charge is 0.480 e. The van der Waals surface area contributed by atoms with Crippen LogP contribution >= 0.6 is 0 Å². The van der Waals surface area contributed by atoms with Gasteiger partial charge in [-0.1, -0.05) is 0 Å². The summed E-state index contributed by atoms with van der Waals surface area (Å²) in [5.41, 5.74) is 11.5. The Labute approximate surface area is 97.0 Å². The minimum atomic E-state index is -1.23. The summed E-state index contributed by atoms with van der Waals surface area (Å²) in [6.45, 7) is -0.371. The maximum absolute atomic E-state index is 11.3. The van der Waals surface area contributed by atoms with Gasteiger partial charge in [0, 0.05) is 6.20 Å². The maximum Gasteiger partial charge on any atom is 0.324 e. The van der Waals surface area contributed by atoms with E-state index in [0.29, 0.717) is 5.69 Å². The van der Waals surface area contributed by atoms with Gasteiger partial charge in [0.05, 0.1) is 24.5 Å². The molecule has 0 aromatic carbocycles. The van der Waals surface area contributed by atoms with Crippen molar-refractivity contribution in [1.29, 1.82) is 0 Å². The Kier molecular flexibility index (Phi) is 4.61. The predicted molar refractivity (Wildman–Crippen MR) is 56.7 cm³/mol. The summed E-state index contributed by atoms with van der Waals surface area (Å²) in [5, 5.41) is 8.47. The predicted octanol–water partition coefficient (Wildman–Crippen LogP) is -1.25. The van der Waals surface area contributed by atoms with E-state index < -0.39 is 24.0 Å². The van der Waals surface area contributed by atoms with E-state index in [1.807, 2.05) is 0 Å². The highest BCUT2D eigenvalue weighted by Gasteiger charge is 2.17. The summed E-state index contributed by atoms with van der Waals surface area (Å²) >= 11 is 0. The molecule has 0 spiro atoms. The number of carboxylic acid groups (broad SMARTS) is 1. The number of aromatic nitrogens is 2. The Balaban J connectivity index is 2.32. The number of aromatic amines is 1. The standard InChI is InChI=1S/C9H14N4O4/c10-5(7-2-12-4-13-7)1-8(14)17-3-6(11)9(15)16/h2,4-6H,1,3,10-11H2,(H,12,13)(H,15,16)/t5-,6-/m0/s1. The molecule has 17 heavy (non-hydrogen) atoms. The van der Waals surface area contributed by atoms with Crippen molar-refractivity contribution in [2.45, 2.75) is 18.5 Å². The van der Waals surface area contributed by atoms with Crippen LogP contribution in [0.15, 0.2) is 12.5 Å². The van der Waals surface area contributed by atoms with Crippen LogP contribution in [0.3, 0.4) is 0 Å². The number of ether oxygens (including phenoxy) is 1. The van der Waals surface area contributed by atoms with E-state index in [1.54, 1.807) is 0 Å². The van der Waals surface area contributed by atoms with E-state index in [9.17, 15) is 9.59 Å². The summed E-state index contributed by atoms with van der Waals surface area (Å²) < 4.78 is 4.67. The number of aliphatic carboxylic acids is 1. The molecular formula is C9H14N4O4. The van der Waals surface area contributed by atoms with Crippen LogP contribution in [0.4, 0.5) is 0 Å². The van der Waals surface area contributed by atoms with Gasteiger partial charge < -0.3 is 26.3 Å². The number of nitrogens with zero attached hydrogens (tertiary/aromatic N) is 1. The van der Waals surface area contributed by atoms with Gasteiger partial charge in [0.1, 0.15) is 12.6 Å². The fraction of sp³-hybridized carbons (Fsp3) is 0.444. The number of imidazole rings is 1. The van der Waals surface area contributed by atoms with Crippen molar-refractivity contribution in [3.63, 3.8) is 0 Å². The molecule has 2 atom stereocenters.